The van der Waals surface area contributed by atoms with Gasteiger partial charge in [0.25, 0.3) is 0 Å². The molecule has 30 heavy (non-hydrogen) atoms. The zero-order chi connectivity index (χ0) is 21.3. The largest absolute Gasteiger partial charge is 0.491 e. The predicted octanol–water partition coefficient (Wildman–Crippen LogP) is 3.85. The summed E-state index contributed by atoms with van der Waals surface area (Å²) in [7, 11) is 0. The van der Waals surface area contributed by atoms with Crippen LogP contribution in [-0.4, -0.2) is 30.1 Å². The van der Waals surface area contributed by atoms with E-state index in [1.807, 2.05) is 55.5 Å². The normalized spacial score (nSPS) is 25.7. The van der Waals surface area contributed by atoms with Crippen molar-refractivity contribution in [1.29, 1.82) is 0 Å². The Morgan fingerprint density at radius 1 is 1.17 bits per heavy atom. The second-order valence-corrected chi connectivity index (χ2v) is 7.87. The summed E-state index contributed by atoms with van der Waals surface area (Å²) in [5.41, 5.74) is 1.59. The van der Waals surface area contributed by atoms with Gasteiger partial charge in [-0.1, -0.05) is 49.1 Å². The zero-order valence-corrected chi connectivity index (χ0v) is 17.0. The van der Waals surface area contributed by atoms with Gasteiger partial charge in [0, 0.05) is 5.92 Å². The maximum atomic E-state index is 13.7. The average Bonchev–Trinajstić information content (AvgIpc) is 2.98. The van der Waals surface area contributed by atoms with Crippen LogP contribution in [0.4, 0.5) is 5.69 Å². The SMILES string of the molecule is C=CC1=CCC2C(=O)N(c3ccccc3)C(=O)C2(C)C1c1ccc(OCCO)cc1. The first-order chi connectivity index (χ1) is 14.5. The van der Waals surface area contributed by atoms with Crippen LogP contribution < -0.4 is 9.64 Å². The molecule has 1 aliphatic heterocycles. The van der Waals surface area contributed by atoms with E-state index in [2.05, 4.69) is 6.58 Å². The number of imide groups is 1. The molecule has 1 fully saturated rings. The number of allylic oxidation sites excluding steroid dienone is 3. The van der Waals surface area contributed by atoms with E-state index in [4.69, 9.17) is 9.84 Å². The van der Waals surface area contributed by atoms with Gasteiger partial charge in [-0.05, 0) is 48.7 Å². The van der Waals surface area contributed by atoms with Gasteiger partial charge in [0.2, 0.25) is 11.8 Å². The number of hydrogen-bond acceptors (Lipinski definition) is 4. The van der Waals surface area contributed by atoms with Crippen molar-refractivity contribution in [3.63, 3.8) is 0 Å². The fraction of sp³-hybridized carbons (Fsp3) is 0.280. The molecule has 1 N–H and O–H groups in total. The Hall–Kier alpha value is -3.18. The Bertz CT molecular complexity index is 996. The van der Waals surface area contributed by atoms with E-state index in [-0.39, 0.29) is 30.9 Å². The fourth-order valence-corrected chi connectivity index (χ4v) is 4.77. The molecule has 154 valence electrons. The highest BCUT2D eigenvalue weighted by Crippen LogP contribution is 2.56. The molecule has 0 spiro atoms. The van der Waals surface area contributed by atoms with Crippen molar-refractivity contribution in [2.45, 2.75) is 19.3 Å². The van der Waals surface area contributed by atoms with Crippen LogP contribution in [0, 0.1) is 11.3 Å². The topological polar surface area (TPSA) is 66.8 Å². The second kappa shape index (κ2) is 7.92. The van der Waals surface area contributed by atoms with Gasteiger partial charge in [0.15, 0.2) is 0 Å². The van der Waals surface area contributed by atoms with E-state index >= 15 is 0 Å². The van der Waals surface area contributed by atoms with Crippen LogP contribution in [0.15, 0.2) is 78.9 Å². The first-order valence-corrected chi connectivity index (χ1v) is 10.1. The second-order valence-electron chi connectivity index (χ2n) is 7.87. The molecule has 1 heterocycles. The number of benzene rings is 2. The molecule has 1 saturated heterocycles. The van der Waals surface area contributed by atoms with Gasteiger partial charge in [-0.15, -0.1) is 0 Å². The van der Waals surface area contributed by atoms with Crippen molar-refractivity contribution in [3.8, 4) is 5.75 Å². The number of aliphatic hydroxyl groups excluding tert-OH is 1. The fourth-order valence-electron chi connectivity index (χ4n) is 4.77. The number of aliphatic hydroxyl groups is 1. The number of para-hydroxylation sites is 1. The van der Waals surface area contributed by atoms with E-state index in [0.717, 1.165) is 11.1 Å². The van der Waals surface area contributed by atoms with Crippen LogP contribution in [0.1, 0.15) is 24.8 Å². The first kappa shape index (κ1) is 20.1. The Morgan fingerprint density at radius 2 is 1.87 bits per heavy atom. The van der Waals surface area contributed by atoms with Crippen LogP contribution in [0.5, 0.6) is 5.75 Å². The number of ether oxygens (including phenoxy) is 1. The van der Waals surface area contributed by atoms with E-state index in [1.54, 1.807) is 18.2 Å². The minimum atomic E-state index is -0.904. The molecule has 5 nitrogen and oxygen atoms in total. The summed E-state index contributed by atoms with van der Waals surface area (Å²) in [5.74, 6) is -0.396. The minimum absolute atomic E-state index is 0.0561. The van der Waals surface area contributed by atoms with Gasteiger partial charge >= 0.3 is 0 Å². The molecule has 0 radical (unpaired) electrons. The third-order valence-corrected chi connectivity index (χ3v) is 6.25. The predicted molar refractivity (Wildman–Crippen MR) is 115 cm³/mol. The van der Waals surface area contributed by atoms with Crippen LogP contribution >= 0.6 is 0 Å². The number of anilines is 1. The molecule has 1 aliphatic carbocycles. The molecular formula is C25H25NO4. The molecule has 0 aromatic heterocycles. The minimum Gasteiger partial charge on any atom is -0.491 e. The monoisotopic (exact) mass is 403 g/mol. The third-order valence-electron chi connectivity index (χ3n) is 6.25. The average molecular weight is 403 g/mol. The lowest BCUT2D eigenvalue weighted by molar-refractivity contribution is -0.127. The molecule has 3 unspecified atom stereocenters. The maximum absolute atomic E-state index is 13.7. The standard InChI is InChI=1S/C25H25NO4/c1-3-17-11-14-21-23(28)26(19-7-5-4-6-8-19)24(29)25(21,2)22(17)18-9-12-20(13-10-18)30-16-15-27/h3-13,21-22,27H,1,14-16H2,2H3. The van der Waals surface area contributed by atoms with E-state index in [9.17, 15) is 9.59 Å². The molecule has 0 bridgehead atoms. The van der Waals surface area contributed by atoms with E-state index in [0.29, 0.717) is 17.9 Å². The Labute approximate surface area is 176 Å². The number of carbonyl (C=O) groups is 2. The summed E-state index contributed by atoms with van der Waals surface area (Å²) in [6.07, 6.45) is 4.32. The summed E-state index contributed by atoms with van der Waals surface area (Å²) in [6, 6.07) is 16.6. The summed E-state index contributed by atoms with van der Waals surface area (Å²) in [4.78, 5) is 28.4. The highest BCUT2D eigenvalue weighted by Gasteiger charge is 2.62. The number of rotatable bonds is 6. The Morgan fingerprint density at radius 3 is 2.50 bits per heavy atom. The van der Waals surface area contributed by atoms with Crippen molar-refractivity contribution < 1.29 is 19.4 Å². The van der Waals surface area contributed by atoms with Crippen LogP contribution in [0.3, 0.4) is 0 Å². The number of amides is 2. The quantitative estimate of drug-likeness (QED) is 0.744. The number of nitrogens with zero attached hydrogens (tertiary/aromatic N) is 1. The van der Waals surface area contributed by atoms with E-state index in [1.165, 1.54) is 4.90 Å². The van der Waals surface area contributed by atoms with Gasteiger partial charge in [0.1, 0.15) is 12.4 Å². The number of carbonyl (C=O) groups excluding carboxylic acids is 2. The molecule has 2 aromatic rings. The molecule has 2 aromatic carbocycles. The number of fused-ring (bicyclic) bond motifs is 1. The van der Waals surface area contributed by atoms with Crippen molar-refractivity contribution in [1.82, 2.24) is 0 Å². The Balaban J connectivity index is 1.76. The summed E-state index contributed by atoms with van der Waals surface area (Å²) >= 11 is 0. The third kappa shape index (κ3) is 3.06. The molecule has 0 saturated carbocycles. The summed E-state index contributed by atoms with van der Waals surface area (Å²) < 4.78 is 5.46. The van der Waals surface area contributed by atoms with Gasteiger partial charge < -0.3 is 9.84 Å². The lowest BCUT2D eigenvalue weighted by Gasteiger charge is -2.40. The summed E-state index contributed by atoms with van der Waals surface area (Å²) in [5, 5.41) is 8.94. The lowest BCUT2D eigenvalue weighted by atomic mass is 9.60. The van der Waals surface area contributed by atoms with Crippen molar-refractivity contribution in [2.24, 2.45) is 11.3 Å². The molecule has 3 atom stereocenters. The molecule has 2 aliphatic rings. The van der Waals surface area contributed by atoms with Crippen LogP contribution in [0.25, 0.3) is 0 Å². The van der Waals surface area contributed by atoms with Gasteiger partial charge in [-0.25, -0.2) is 4.90 Å². The highest BCUT2D eigenvalue weighted by molar-refractivity contribution is 6.24. The molecular weight excluding hydrogens is 378 g/mol. The van der Waals surface area contributed by atoms with Gasteiger partial charge in [0.05, 0.1) is 23.6 Å². The van der Waals surface area contributed by atoms with Crippen molar-refractivity contribution in [2.75, 3.05) is 18.1 Å². The number of hydrogen-bond donors (Lipinski definition) is 1. The van der Waals surface area contributed by atoms with Crippen LogP contribution in [0.2, 0.25) is 0 Å². The maximum Gasteiger partial charge on any atom is 0.241 e. The summed E-state index contributed by atoms with van der Waals surface area (Å²) in [6.45, 7) is 6.02. The smallest absolute Gasteiger partial charge is 0.241 e. The van der Waals surface area contributed by atoms with Crippen LogP contribution in [-0.2, 0) is 9.59 Å². The Kier molecular flexibility index (Phi) is 5.31. The van der Waals surface area contributed by atoms with E-state index < -0.39 is 11.3 Å². The first-order valence-electron chi connectivity index (χ1n) is 10.1. The van der Waals surface area contributed by atoms with Gasteiger partial charge in [-0.2, -0.15) is 0 Å². The highest BCUT2D eigenvalue weighted by atomic mass is 16.5. The zero-order valence-electron chi connectivity index (χ0n) is 17.0. The molecule has 5 heteroatoms. The van der Waals surface area contributed by atoms with Crippen molar-refractivity contribution >= 4 is 17.5 Å². The van der Waals surface area contributed by atoms with Crippen molar-refractivity contribution in [3.05, 3.63) is 84.5 Å². The van der Waals surface area contributed by atoms with Gasteiger partial charge in [-0.3, -0.25) is 9.59 Å². The lowest BCUT2D eigenvalue weighted by Crippen LogP contribution is -2.41. The molecule has 4 rings (SSSR count). The molecule has 2 amide bonds.